The van der Waals surface area contributed by atoms with Crippen molar-refractivity contribution in [3.8, 4) is 34.0 Å². The van der Waals surface area contributed by atoms with E-state index in [2.05, 4.69) is 10.3 Å². The van der Waals surface area contributed by atoms with Gasteiger partial charge < -0.3 is 19.8 Å². The molecule has 2 aromatic carbocycles. The number of carbonyl (C=O) groups is 1. The first-order valence-electron chi connectivity index (χ1n) is 10.1. The van der Waals surface area contributed by atoms with Gasteiger partial charge in [-0.3, -0.25) is 4.79 Å². The van der Waals surface area contributed by atoms with E-state index in [1.165, 1.54) is 0 Å². The number of ether oxygens (including phenoxy) is 2. The lowest BCUT2D eigenvalue weighted by Crippen LogP contribution is -2.36. The normalized spacial score (nSPS) is 11.3. The fourth-order valence-electron chi connectivity index (χ4n) is 2.92. The monoisotopic (exact) mass is 439 g/mol. The molecule has 2 N–H and O–H groups in total. The van der Waals surface area contributed by atoms with E-state index in [0.29, 0.717) is 6.54 Å². The molecule has 7 heteroatoms. The molecule has 0 bridgehead atoms. The molecular formula is C24H29N3O3S. The van der Waals surface area contributed by atoms with Crippen LogP contribution in [0.25, 0.3) is 22.5 Å². The van der Waals surface area contributed by atoms with Crippen molar-refractivity contribution in [2.24, 2.45) is 5.41 Å². The summed E-state index contributed by atoms with van der Waals surface area (Å²) in [5, 5.41) is 3.78. The predicted octanol–water partition coefficient (Wildman–Crippen LogP) is 5.02. The number of hydrogen-bond acceptors (Lipinski definition) is 5. The van der Waals surface area contributed by atoms with E-state index in [4.69, 9.17) is 14.5 Å². The molecule has 1 heterocycles. The Balaban J connectivity index is 1.82. The minimum Gasteiger partial charge on any atom is -0.497 e. The Morgan fingerprint density at radius 3 is 2.03 bits per heavy atom. The highest BCUT2D eigenvalue weighted by Crippen LogP contribution is 2.34. The second kappa shape index (κ2) is 9.92. The third-order valence-electron chi connectivity index (χ3n) is 4.73. The van der Waals surface area contributed by atoms with Gasteiger partial charge >= 0.3 is 0 Å². The van der Waals surface area contributed by atoms with E-state index in [9.17, 15) is 4.79 Å². The molecule has 1 aromatic heterocycles. The molecule has 0 aliphatic heterocycles. The number of H-pyrrole nitrogens is 1. The minimum atomic E-state index is -0.390. The number of methoxy groups -OCH3 is 2. The van der Waals surface area contributed by atoms with Crippen LogP contribution in [0.4, 0.5) is 0 Å². The SMILES string of the molecule is COc1ccc(-c2nc(SCCNC(=O)C(C)(C)C)[nH]c2-c2ccc(OC)cc2)cc1. The summed E-state index contributed by atoms with van der Waals surface area (Å²) in [5.74, 6) is 2.37. The first-order valence-corrected chi connectivity index (χ1v) is 11.1. The lowest BCUT2D eigenvalue weighted by atomic mass is 9.96. The van der Waals surface area contributed by atoms with Crippen molar-refractivity contribution < 1.29 is 14.3 Å². The van der Waals surface area contributed by atoms with E-state index < -0.39 is 5.41 Å². The summed E-state index contributed by atoms with van der Waals surface area (Å²) >= 11 is 1.58. The van der Waals surface area contributed by atoms with Crippen molar-refractivity contribution in [3.63, 3.8) is 0 Å². The summed E-state index contributed by atoms with van der Waals surface area (Å²) in [5.41, 5.74) is 3.43. The maximum atomic E-state index is 12.0. The molecule has 3 aromatic rings. The molecule has 0 saturated carbocycles. The Morgan fingerprint density at radius 2 is 1.52 bits per heavy atom. The van der Waals surface area contributed by atoms with Crippen LogP contribution in [0.3, 0.4) is 0 Å². The van der Waals surface area contributed by atoms with E-state index in [0.717, 1.165) is 44.9 Å². The summed E-state index contributed by atoms with van der Waals surface area (Å²) in [6, 6.07) is 15.7. The molecule has 0 saturated heterocycles. The van der Waals surface area contributed by atoms with Crippen molar-refractivity contribution in [1.82, 2.24) is 15.3 Å². The molecule has 0 spiro atoms. The predicted molar refractivity (Wildman–Crippen MR) is 126 cm³/mol. The van der Waals surface area contributed by atoms with Crippen LogP contribution in [-0.2, 0) is 4.79 Å². The Labute approximate surface area is 187 Å². The number of nitrogens with zero attached hydrogens (tertiary/aromatic N) is 1. The van der Waals surface area contributed by atoms with E-state index in [1.807, 2.05) is 69.3 Å². The van der Waals surface area contributed by atoms with Gasteiger partial charge in [-0.25, -0.2) is 4.98 Å². The van der Waals surface area contributed by atoms with Crippen LogP contribution in [0.15, 0.2) is 53.7 Å². The largest absolute Gasteiger partial charge is 0.497 e. The number of aromatic amines is 1. The van der Waals surface area contributed by atoms with Crippen LogP contribution in [0, 0.1) is 5.41 Å². The molecule has 0 atom stereocenters. The van der Waals surface area contributed by atoms with Crippen LogP contribution in [0.5, 0.6) is 11.5 Å². The van der Waals surface area contributed by atoms with Crippen molar-refractivity contribution >= 4 is 17.7 Å². The summed E-state index contributed by atoms with van der Waals surface area (Å²) < 4.78 is 10.6. The van der Waals surface area contributed by atoms with Gasteiger partial charge in [0.2, 0.25) is 5.91 Å². The summed E-state index contributed by atoms with van der Waals surface area (Å²) in [6.45, 7) is 6.30. The van der Waals surface area contributed by atoms with E-state index >= 15 is 0 Å². The second-order valence-corrected chi connectivity index (χ2v) is 9.16. The lowest BCUT2D eigenvalue weighted by Gasteiger charge is -2.17. The molecule has 6 nitrogen and oxygen atoms in total. The van der Waals surface area contributed by atoms with Crippen molar-refractivity contribution in [1.29, 1.82) is 0 Å². The molecule has 3 rings (SSSR count). The third kappa shape index (κ3) is 5.82. The smallest absolute Gasteiger partial charge is 0.225 e. The zero-order valence-electron chi connectivity index (χ0n) is 18.6. The maximum Gasteiger partial charge on any atom is 0.225 e. The summed E-state index contributed by atoms with van der Waals surface area (Å²) in [7, 11) is 3.31. The molecular weight excluding hydrogens is 410 g/mol. The maximum absolute atomic E-state index is 12.0. The van der Waals surface area contributed by atoms with E-state index in [1.54, 1.807) is 26.0 Å². The van der Waals surface area contributed by atoms with Gasteiger partial charge in [-0.2, -0.15) is 0 Å². The third-order valence-corrected chi connectivity index (χ3v) is 5.61. The highest BCUT2D eigenvalue weighted by molar-refractivity contribution is 7.99. The molecule has 1 amide bonds. The van der Waals surface area contributed by atoms with Gasteiger partial charge in [0.1, 0.15) is 11.5 Å². The Hall–Kier alpha value is -2.93. The quantitative estimate of drug-likeness (QED) is 0.381. The first-order chi connectivity index (χ1) is 14.8. The van der Waals surface area contributed by atoms with Crippen LogP contribution in [0.2, 0.25) is 0 Å². The van der Waals surface area contributed by atoms with Gasteiger partial charge in [0.25, 0.3) is 0 Å². The Morgan fingerprint density at radius 1 is 0.968 bits per heavy atom. The summed E-state index contributed by atoms with van der Waals surface area (Å²) in [6.07, 6.45) is 0. The molecule has 0 aliphatic carbocycles. The van der Waals surface area contributed by atoms with Crippen LogP contribution in [-0.4, -0.2) is 42.4 Å². The fourth-order valence-corrected chi connectivity index (χ4v) is 3.65. The highest BCUT2D eigenvalue weighted by atomic mass is 32.2. The average Bonchev–Trinajstić information content (AvgIpc) is 3.20. The lowest BCUT2D eigenvalue weighted by molar-refractivity contribution is -0.128. The second-order valence-electron chi connectivity index (χ2n) is 8.08. The fraction of sp³-hybridized carbons (Fsp3) is 0.333. The molecule has 164 valence electrons. The standard InChI is InChI=1S/C24H29N3O3S/c1-24(2,3)22(28)25-14-15-31-23-26-20(16-6-10-18(29-4)11-7-16)21(27-23)17-8-12-19(30-5)13-9-17/h6-13H,14-15H2,1-5H3,(H,25,28)(H,26,27). The zero-order chi connectivity index (χ0) is 22.4. The number of hydrogen-bond donors (Lipinski definition) is 2. The van der Waals surface area contributed by atoms with Crippen LogP contribution >= 0.6 is 11.8 Å². The van der Waals surface area contributed by atoms with Gasteiger partial charge in [-0.05, 0) is 48.5 Å². The number of thioether (sulfide) groups is 1. The van der Waals surface area contributed by atoms with Crippen molar-refractivity contribution in [2.45, 2.75) is 25.9 Å². The van der Waals surface area contributed by atoms with Gasteiger partial charge in [-0.15, -0.1) is 0 Å². The van der Waals surface area contributed by atoms with Gasteiger partial charge in [-0.1, -0.05) is 32.5 Å². The number of imidazole rings is 1. The summed E-state index contributed by atoms with van der Waals surface area (Å²) in [4.78, 5) is 20.3. The first kappa shape index (κ1) is 22.7. The average molecular weight is 440 g/mol. The molecule has 0 fully saturated rings. The van der Waals surface area contributed by atoms with Gasteiger partial charge in [0, 0.05) is 28.8 Å². The number of amides is 1. The van der Waals surface area contributed by atoms with Crippen LogP contribution in [0.1, 0.15) is 20.8 Å². The molecule has 0 aliphatic rings. The zero-order valence-corrected chi connectivity index (χ0v) is 19.4. The van der Waals surface area contributed by atoms with Gasteiger partial charge in [0.15, 0.2) is 5.16 Å². The molecule has 0 radical (unpaired) electrons. The number of rotatable bonds is 8. The number of benzene rings is 2. The number of nitrogens with one attached hydrogen (secondary N) is 2. The van der Waals surface area contributed by atoms with Crippen LogP contribution < -0.4 is 14.8 Å². The van der Waals surface area contributed by atoms with E-state index in [-0.39, 0.29) is 5.91 Å². The number of aromatic nitrogens is 2. The Kier molecular flexibility index (Phi) is 7.28. The van der Waals surface area contributed by atoms with Crippen molar-refractivity contribution in [2.75, 3.05) is 26.5 Å². The molecule has 31 heavy (non-hydrogen) atoms. The number of carbonyl (C=O) groups excluding carboxylic acids is 1. The molecule has 0 unspecified atom stereocenters. The topological polar surface area (TPSA) is 76.2 Å². The van der Waals surface area contributed by atoms with Gasteiger partial charge in [0.05, 0.1) is 25.6 Å². The van der Waals surface area contributed by atoms with Crippen molar-refractivity contribution in [3.05, 3.63) is 48.5 Å². The minimum absolute atomic E-state index is 0.0467. The highest BCUT2D eigenvalue weighted by Gasteiger charge is 2.20. The Bertz CT molecular complexity index is 941.